The number of rotatable bonds is 4. The molecule has 0 saturated heterocycles. The van der Waals surface area contributed by atoms with Gasteiger partial charge in [-0.25, -0.2) is 9.19 Å². The fourth-order valence-electron chi connectivity index (χ4n) is 1.32. The average Bonchev–Trinajstić information content (AvgIpc) is 2.21. The second kappa shape index (κ2) is 5.75. The number of aryl methyl sites for hydroxylation is 2. The maximum atomic E-state index is 11.0. The van der Waals surface area contributed by atoms with E-state index in [4.69, 9.17) is 4.18 Å². The van der Waals surface area contributed by atoms with Crippen LogP contribution < -0.4 is 4.18 Å². The fraction of sp³-hybridized carbons (Fsp3) is 0.455. The van der Waals surface area contributed by atoms with Gasteiger partial charge in [0.1, 0.15) is 0 Å². The highest BCUT2D eigenvalue weighted by molar-refractivity contribution is 7.79. The summed E-state index contributed by atoms with van der Waals surface area (Å²) in [5.74, 6) is 0.441. The van der Waals surface area contributed by atoms with Crippen molar-refractivity contribution < 1.29 is 8.39 Å². The molecule has 1 heterocycles. The summed E-state index contributed by atoms with van der Waals surface area (Å²) in [6, 6.07) is 1.92. The smallest absolute Gasteiger partial charge is 0.234 e. The Labute approximate surface area is 98.4 Å². The summed E-state index contributed by atoms with van der Waals surface area (Å²) in [5.41, 5.74) is 2.52. The molecule has 0 radical (unpaired) electrons. The highest BCUT2D eigenvalue weighted by atomic mass is 32.2. The highest BCUT2D eigenvalue weighted by Crippen LogP contribution is 2.25. The number of nitrogens with zero attached hydrogens (tertiary/aromatic N) is 2. The predicted octanol–water partition coefficient (Wildman–Crippen LogP) is 2.35. The van der Waals surface area contributed by atoms with E-state index in [2.05, 4.69) is 9.98 Å². The van der Waals surface area contributed by atoms with Crippen LogP contribution in [0.4, 0.5) is 5.69 Å². The molecule has 0 spiro atoms. The van der Waals surface area contributed by atoms with Crippen molar-refractivity contribution in [2.75, 3.05) is 6.26 Å². The molecule has 1 aromatic heterocycles. The lowest BCUT2D eigenvalue weighted by molar-refractivity contribution is 0.544. The van der Waals surface area contributed by atoms with Crippen molar-refractivity contribution in [3.8, 4) is 5.88 Å². The van der Waals surface area contributed by atoms with Gasteiger partial charge in [0, 0.05) is 18.0 Å². The van der Waals surface area contributed by atoms with Gasteiger partial charge in [0.2, 0.25) is 17.0 Å². The van der Waals surface area contributed by atoms with E-state index in [0.717, 1.165) is 23.4 Å². The van der Waals surface area contributed by atoms with Crippen LogP contribution in [-0.2, 0) is 17.5 Å². The van der Waals surface area contributed by atoms with Gasteiger partial charge in [0.15, 0.2) is 0 Å². The van der Waals surface area contributed by atoms with Gasteiger partial charge in [-0.3, -0.25) is 4.99 Å². The van der Waals surface area contributed by atoms with Crippen molar-refractivity contribution in [3.63, 3.8) is 0 Å². The van der Waals surface area contributed by atoms with Crippen molar-refractivity contribution in [1.82, 2.24) is 4.98 Å². The normalized spacial score (nSPS) is 13.0. The van der Waals surface area contributed by atoms with Crippen LogP contribution in [0.2, 0.25) is 0 Å². The van der Waals surface area contributed by atoms with Crippen molar-refractivity contribution in [2.24, 2.45) is 4.99 Å². The van der Waals surface area contributed by atoms with Gasteiger partial charge in [-0.1, -0.05) is 6.92 Å². The first kappa shape index (κ1) is 12.8. The molecule has 0 fully saturated rings. The first-order valence-corrected chi connectivity index (χ1v) is 6.57. The molecule has 1 rings (SSSR count). The van der Waals surface area contributed by atoms with Gasteiger partial charge in [-0.15, -0.1) is 0 Å². The van der Waals surface area contributed by atoms with E-state index in [1.807, 2.05) is 26.8 Å². The monoisotopic (exact) mass is 240 g/mol. The fourth-order valence-corrected chi connectivity index (χ4v) is 1.69. The molecule has 0 amide bonds. The lowest BCUT2D eigenvalue weighted by atomic mass is 10.2. The molecule has 0 aliphatic rings. The van der Waals surface area contributed by atoms with E-state index in [1.54, 1.807) is 6.21 Å². The number of pyridine rings is 1. The Morgan fingerprint density at radius 2 is 2.31 bits per heavy atom. The summed E-state index contributed by atoms with van der Waals surface area (Å²) in [6.07, 6.45) is 3.97. The molecule has 88 valence electrons. The van der Waals surface area contributed by atoms with Crippen LogP contribution in [0.15, 0.2) is 11.1 Å². The zero-order chi connectivity index (χ0) is 12.1. The summed E-state index contributed by atoms with van der Waals surface area (Å²) in [4.78, 5) is 8.49. The maximum Gasteiger partial charge on any atom is 0.234 e. The van der Waals surface area contributed by atoms with E-state index in [0.29, 0.717) is 5.88 Å². The quantitative estimate of drug-likeness (QED) is 0.759. The summed E-state index contributed by atoms with van der Waals surface area (Å²) in [7, 11) is 0. The number of aromatic nitrogens is 1. The van der Waals surface area contributed by atoms with Crippen LogP contribution in [0.25, 0.3) is 0 Å². The van der Waals surface area contributed by atoms with Crippen molar-refractivity contribution >= 4 is 23.0 Å². The summed E-state index contributed by atoms with van der Waals surface area (Å²) >= 11 is -1.35. The minimum Gasteiger partial charge on any atom is -0.380 e. The predicted molar refractivity (Wildman–Crippen MR) is 66.9 cm³/mol. The van der Waals surface area contributed by atoms with E-state index in [9.17, 15) is 4.21 Å². The molecule has 4 nitrogen and oxygen atoms in total. The van der Waals surface area contributed by atoms with E-state index < -0.39 is 11.1 Å². The molecule has 0 bridgehead atoms. The van der Waals surface area contributed by atoms with Crippen LogP contribution in [0.3, 0.4) is 0 Å². The summed E-state index contributed by atoms with van der Waals surface area (Å²) in [5, 5.41) is 0. The molecule has 5 heteroatoms. The van der Waals surface area contributed by atoms with Crippen LogP contribution in [0, 0.1) is 6.92 Å². The Kier molecular flexibility index (Phi) is 4.61. The Morgan fingerprint density at radius 1 is 1.62 bits per heavy atom. The second-order valence-corrected chi connectivity index (χ2v) is 4.25. The largest absolute Gasteiger partial charge is 0.380 e. The minimum atomic E-state index is -1.35. The van der Waals surface area contributed by atoms with Gasteiger partial charge < -0.3 is 4.18 Å². The standard InChI is InChI=1S/C11H16N2O2S/c1-5-9-7-10(12-6-2)8(3)13-11(9)15-16(4)14/h6-7H,5H2,1-4H3. The molecule has 0 N–H and O–H groups in total. The third-order valence-electron chi connectivity index (χ3n) is 2.07. The van der Waals surface area contributed by atoms with E-state index in [-0.39, 0.29) is 0 Å². The third-order valence-corrected chi connectivity index (χ3v) is 2.46. The molecule has 16 heavy (non-hydrogen) atoms. The number of hydrogen-bond acceptors (Lipinski definition) is 4. The third kappa shape index (κ3) is 3.13. The molecule has 1 atom stereocenters. The maximum absolute atomic E-state index is 11.0. The lowest BCUT2D eigenvalue weighted by Gasteiger charge is -2.09. The van der Waals surface area contributed by atoms with E-state index in [1.165, 1.54) is 6.26 Å². The molecular formula is C11H16N2O2S. The molecule has 0 aliphatic carbocycles. The lowest BCUT2D eigenvalue weighted by Crippen LogP contribution is -2.03. The molecule has 1 aromatic rings. The molecule has 0 saturated carbocycles. The molecule has 0 aromatic carbocycles. The summed E-state index contributed by atoms with van der Waals surface area (Å²) in [6.45, 7) is 5.71. The van der Waals surface area contributed by atoms with Gasteiger partial charge in [-0.05, 0) is 26.3 Å². The van der Waals surface area contributed by atoms with Crippen molar-refractivity contribution in [3.05, 3.63) is 17.3 Å². The number of hydrogen-bond donors (Lipinski definition) is 0. The van der Waals surface area contributed by atoms with Crippen LogP contribution in [0.5, 0.6) is 5.88 Å². The topological polar surface area (TPSA) is 51.5 Å². The Hall–Kier alpha value is -1.23. The van der Waals surface area contributed by atoms with Crippen LogP contribution in [0.1, 0.15) is 25.1 Å². The average molecular weight is 240 g/mol. The number of aliphatic imine (C=N–C) groups is 1. The minimum absolute atomic E-state index is 0.441. The SMILES string of the molecule is CC=Nc1cc(CC)c(OS(C)=O)nc1C. The second-order valence-electron chi connectivity index (χ2n) is 3.28. The Bertz CT molecular complexity index is 430. The van der Waals surface area contributed by atoms with Gasteiger partial charge >= 0.3 is 0 Å². The van der Waals surface area contributed by atoms with E-state index >= 15 is 0 Å². The summed E-state index contributed by atoms with van der Waals surface area (Å²) < 4.78 is 16.2. The first-order valence-electron chi connectivity index (χ1n) is 5.09. The Balaban J connectivity index is 3.20. The van der Waals surface area contributed by atoms with Gasteiger partial charge in [0.25, 0.3) is 0 Å². The van der Waals surface area contributed by atoms with Gasteiger partial charge in [0.05, 0.1) is 11.4 Å². The van der Waals surface area contributed by atoms with Gasteiger partial charge in [-0.2, -0.15) is 0 Å². The molecular weight excluding hydrogens is 224 g/mol. The Morgan fingerprint density at radius 3 is 2.81 bits per heavy atom. The van der Waals surface area contributed by atoms with Crippen LogP contribution >= 0.6 is 0 Å². The molecule has 0 aliphatic heterocycles. The first-order chi connectivity index (χ1) is 7.58. The highest BCUT2D eigenvalue weighted by Gasteiger charge is 2.10. The van der Waals surface area contributed by atoms with Crippen molar-refractivity contribution in [1.29, 1.82) is 0 Å². The van der Waals surface area contributed by atoms with Crippen LogP contribution in [-0.4, -0.2) is 21.7 Å². The zero-order valence-corrected chi connectivity index (χ0v) is 10.8. The van der Waals surface area contributed by atoms with Crippen molar-refractivity contribution in [2.45, 2.75) is 27.2 Å². The zero-order valence-electron chi connectivity index (χ0n) is 9.98. The molecule has 1 unspecified atom stereocenters.